The average Bonchev–Trinajstić information content (AvgIpc) is 2.85. The number of hydrogen-bond acceptors (Lipinski definition) is 8. The molecule has 0 spiro atoms. The summed E-state index contributed by atoms with van der Waals surface area (Å²) in [6, 6.07) is 17.8. The molecule has 3 aromatic rings. The number of aliphatic hydroxyl groups is 1. The first-order valence-corrected chi connectivity index (χ1v) is 13.2. The van der Waals surface area contributed by atoms with Gasteiger partial charge in [-0.05, 0) is 37.5 Å². The van der Waals surface area contributed by atoms with Crippen LogP contribution in [-0.2, 0) is 25.4 Å². The largest absolute Gasteiger partial charge is 0.442 e. The van der Waals surface area contributed by atoms with Gasteiger partial charge in [-0.2, -0.15) is 13.5 Å². The number of amides is 2. The Morgan fingerprint density at radius 2 is 1.63 bits per heavy atom. The Kier molecular flexibility index (Phi) is 9.05. The normalized spacial score (nSPS) is 19.1. The number of carbonyl (C=O) groups excluding carboxylic acids is 1. The maximum absolute atomic E-state index is 13.2. The molecule has 0 unspecified atom stereocenters. The van der Waals surface area contributed by atoms with Crippen LogP contribution in [0.2, 0.25) is 0 Å². The highest BCUT2D eigenvalue weighted by Crippen LogP contribution is 2.31. The fourth-order valence-corrected chi connectivity index (χ4v) is 5.40. The second-order valence-electron chi connectivity index (χ2n) is 9.26. The van der Waals surface area contributed by atoms with E-state index < -0.39 is 22.0 Å². The number of urea groups is 1. The molecule has 3 heterocycles. The summed E-state index contributed by atoms with van der Waals surface area (Å²) in [5.41, 5.74) is 1.78. The van der Waals surface area contributed by atoms with Crippen molar-refractivity contribution in [3.8, 4) is 0 Å². The third-order valence-electron chi connectivity index (χ3n) is 6.56. The lowest BCUT2D eigenvalue weighted by Crippen LogP contribution is -2.54. The van der Waals surface area contributed by atoms with E-state index in [1.54, 1.807) is 31.2 Å². The molecule has 5 rings (SSSR count). The summed E-state index contributed by atoms with van der Waals surface area (Å²) >= 11 is 0. The number of anilines is 1. The van der Waals surface area contributed by atoms with Crippen molar-refractivity contribution in [2.45, 2.75) is 31.8 Å². The number of carbonyl (C=O) groups is 1. The third-order valence-corrected chi connectivity index (χ3v) is 7.25. The zero-order valence-electron chi connectivity index (χ0n) is 20.9. The Hall–Kier alpha value is -3.17. The SMILES string of the molecule is Cc1cc(N2OS(=O)(=O)ON(CCN3CCC(O)(Cc4ccccc4)CC3)C2=O)c2ccccc2n1.O.O. The zero-order valence-corrected chi connectivity index (χ0v) is 21.7. The number of hydrogen-bond donors (Lipinski definition) is 1. The Morgan fingerprint density at radius 1 is 0.974 bits per heavy atom. The molecule has 2 aromatic carbocycles. The number of likely N-dealkylation sites (tertiary alicyclic amines) is 1. The van der Waals surface area contributed by atoms with E-state index in [-0.39, 0.29) is 23.2 Å². The van der Waals surface area contributed by atoms with E-state index in [0.717, 1.165) is 15.7 Å². The van der Waals surface area contributed by atoms with E-state index in [1.807, 2.05) is 36.4 Å². The van der Waals surface area contributed by atoms with Crippen molar-refractivity contribution in [2.24, 2.45) is 0 Å². The second kappa shape index (κ2) is 11.7. The summed E-state index contributed by atoms with van der Waals surface area (Å²) in [6.45, 7) is 3.38. The molecular formula is C25H32N4O8S. The van der Waals surface area contributed by atoms with Crippen molar-refractivity contribution < 1.29 is 37.8 Å². The summed E-state index contributed by atoms with van der Waals surface area (Å²) in [5.74, 6) is 0. The monoisotopic (exact) mass is 548 g/mol. The summed E-state index contributed by atoms with van der Waals surface area (Å²) in [4.78, 5) is 19.7. The number of hydroxylamine groups is 3. The van der Waals surface area contributed by atoms with Gasteiger partial charge in [-0.1, -0.05) is 48.5 Å². The third kappa shape index (κ3) is 6.45. The molecule has 2 amide bonds. The number of rotatable bonds is 6. The number of fused-ring (bicyclic) bond motifs is 1. The van der Waals surface area contributed by atoms with E-state index in [0.29, 0.717) is 55.5 Å². The molecular weight excluding hydrogens is 516 g/mol. The number of pyridine rings is 1. The van der Waals surface area contributed by atoms with Gasteiger partial charge in [-0.3, -0.25) is 4.98 Å². The Morgan fingerprint density at radius 3 is 2.34 bits per heavy atom. The van der Waals surface area contributed by atoms with Crippen molar-refractivity contribution in [1.29, 1.82) is 0 Å². The van der Waals surface area contributed by atoms with Crippen LogP contribution in [0.5, 0.6) is 0 Å². The smallest absolute Gasteiger partial charge is 0.412 e. The van der Waals surface area contributed by atoms with Crippen molar-refractivity contribution in [1.82, 2.24) is 14.9 Å². The predicted octanol–water partition coefficient (Wildman–Crippen LogP) is 1.31. The quantitative estimate of drug-likeness (QED) is 0.479. The lowest BCUT2D eigenvalue weighted by atomic mass is 9.85. The molecule has 0 atom stereocenters. The van der Waals surface area contributed by atoms with Gasteiger partial charge in [0.2, 0.25) is 0 Å². The number of benzene rings is 2. The van der Waals surface area contributed by atoms with Crippen molar-refractivity contribution in [2.75, 3.05) is 31.2 Å². The maximum atomic E-state index is 13.2. The van der Waals surface area contributed by atoms with Crippen LogP contribution in [0.15, 0.2) is 60.7 Å². The average molecular weight is 549 g/mol. The molecule has 0 bridgehead atoms. The lowest BCUT2D eigenvalue weighted by Gasteiger charge is -2.39. The fourth-order valence-electron chi connectivity index (χ4n) is 4.69. The van der Waals surface area contributed by atoms with E-state index >= 15 is 0 Å². The first-order valence-electron chi connectivity index (χ1n) is 11.8. The van der Waals surface area contributed by atoms with Crippen molar-refractivity contribution in [3.63, 3.8) is 0 Å². The van der Waals surface area contributed by atoms with Crippen LogP contribution in [0.25, 0.3) is 10.9 Å². The fraction of sp³-hybridized carbons (Fsp3) is 0.360. The van der Waals surface area contributed by atoms with E-state index in [2.05, 4.69) is 9.88 Å². The standard InChI is InChI=1S/C25H28N4O6S.2H2O/c1-19-17-23(21-9-5-6-10-22(21)26-19)29-24(30)28(34-36(32,33)35-29)16-15-27-13-11-25(31,12-14-27)18-20-7-3-2-4-8-20;;/h2-10,17,31H,11-16,18H2,1H3;2*1H2. The molecule has 1 aromatic heterocycles. The van der Waals surface area contributed by atoms with Crippen LogP contribution in [0, 0.1) is 6.92 Å². The lowest BCUT2D eigenvalue weighted by molar-refractivity contribution is -0.0598. The molecule has 38 heavy (non-hydrogen) atoms. The van der Waals surface area contributed by atoms with Gasteiger partial charge in [0.15, 0.2) is 0 Å². The number of para-hydroxylation sites is 1. The molecule has 2 saturated heterocycles. The minimum atomic E-state index is -4.50. The van der Waals surface area contributed by atoms with Crippen LogP contribution >= 0.6 is 0 Å². The molecule has 206 valence electrons. The molecule has 0 saturated carbocycles. The van der Waals surface area contributed by atoms with Gasteiger partial charge >= 0.3 is 16.4 Å². The summed E-state index contributed by atoms with van der Waals surface area (Å²) < 4.78 is 34.6. The van der Waals surface area contributed by atoms with Gasteiger partial charge in [0.1, 0.15) is 0 Å². The van der Waals surface area contributed by atoms with Gasteiger partial charge in [0.25, 0.3) is 0 Å². The zero-order chi connectivity index (χ0) is 25.3. The Labute approximate surface area is 220 Å². The molecule has 2 aliphatic heterocycles. The minimum absolute atomic E-state index is 0. The topological polar surface area (TPSA) is 176 Å². The molecule has 2 fully saturated rings. The number of aromatic nitrogens is 1. The predicted molar refractivity (Wildman–Crippen MR) is 140 cm³/mol. The minimum Gasteiger partial charge on any atom is -0.412 e. The van der Waals surface area contributed by atoms with Crippen LogP contribution in [0.1, 0.15) is 24.1 Å². The highest BCUT2D eigenvalue weighted by molar-refractivity contribution is 7.82. The van der Waals surface area contributed by atoms with Crippen molar-refractivity contribution in [3.05, 3.63) is 71.9 Å². The number of aryl methyl sites for hydroxylation is 1. The van der Waals surface area contributed by atoms with Crippen LogP contribution in [0.3, 0.4) is 0 Å². The molecule has 13 heteroatoms. The summed E-state index contributed by atoms with van der Waals surface area (Å²) in [5, 5.41) is 13.1. The van der Waals surface area contributed by atoms with Gasteiger partial charge in [0, 0.05) is 37.1 Å². The second-order valence-corrected chi connectivity index (χ2v) is 10.4. The van der Waals surface area contributed by atoms with Crippen LogP contribution < -0.4 is 5.06 Å². The highest BCUT2D eigenvalue weighted by atomic mass is 32.3. The Balaban J connectivity index is 0.00000200. The highest BCUT2D eigenvalue weighted by Gasteiger charge is 2.40. The summed E-state index contributed by atoms with van der Waals surface area (Å²) in [7, 11) is -4.50. The Bertz CT molecular complexity index is 1360. The van der Waals surface area contributed by atoms with Crippen LogP contribution in [-0.4, -0.2) is 77.2 Å². The first-order chi connectivity index (χ1) is 17.2. The molecule has 5 N–H and O–H groups in total. The van der Waals surface area contributed by atoms with Crippen LogP contribution in [0.4, 0.5) is 10.5 Å². The number of piperidine rings is 1. The van der Waals surface area contributed by atoms with E-state index in [9.17, 15) is 18.3 Å². The van der Waals surface area contributed by atoms with Gasteiger partial charge in [-0.15, -0.1) is 13.6 Å². The van der Waals surface area contributed by atoms with Gasteiger partial charge in [-0.25, -0.2) is 4.79 Å². The maximum Gasteiger partial charge on any atom is 0.442 e. The van der Waals surface area contributed by atoms with E-state index in [4.69, 9.17) is 8.57 Å². The van der Waals surface area contributed by atoms with Crippen molar-refractivity contribution >= 4 is 33.0 Å². The first kappa shape index (κ1) is 29.4. The molecule has 2 aliphatic rings. The molecule has 0 radical (unpaired) electrons. The van der Waals surface area contributed by atoms with Gasteiger partial charge in [0.05, 0.1) is 23.3 Å². The number of nitrogens with zero attached hydrogens (tertiary/aromatic N) is 4. The molecule has 12 nitrogen and oxygen atoms in total. The molecule has 0 aliphatic carbocycles. The van der Waals surface area contributed by atoms with E-state index in [1.165, 1.54) is 0 Å². The van der Waals surface area contributed by atoms with Gasteiger partial charge < -0.3 is 21.0 Å². The summed E-state index contributed by atoms with van der Waals surface area (Å²) in [6.07, 6.45) is 1.73.